The minimum Gasteiger partial charge on any atom is -0.384 e. The summed E-state index contributed by atoms with van der Waals surface area (Å²) in [7, 11) is 0. The minimum absolute atomic E-state index is 1.12. The van der Waals surface area contributed by atoms with Crippen molar-refractivity contribution in [3.8, 4) is 0 Å². The van der Waals surface area contributed by atoms with Crippen LogP contribution in [0.25, 0.3) is 0 Å². The molecular weight excluding hydrogens is 220 g/mol. The first-order valence-corrected chi connectivity index (χ1v) is 7.50. The zero-order valence-corrected chi connectivity index (χ0v) is 11.3. The summed E-state index contributed by atoms with van der Waals surface area (Å²) in [5.74, 6) is 0. The van der Waals surface area contributed by atoms with Gasteiger partial charge in [-0.05, 0) is 68.9 Å². The Hall–Kier alpha value is -1.02. The van der Waals surface area contributed by atoms with Crippen molar-refractivity contribution >= 4 is 5.69 Å². The highest BCUT2D eigenvalue weighted by Gasteiger charge is 2.11. The van der Waals surface area contributed by atoms with E-state index in [0.717, 1.165) is 6.54 Å². The van der Waals surface area contributed by atoms with E-state index in [1.807, 2.05) is 0 Å². The van der Waals surface area contributed by atoms with Gasteiger partial charge >= 0.3 is 0 Å². The summed E-state index contributed by atoms with van der Waals surface area (Å²) in [5, 5.41) is 3.47. The average molecular weight is 244 g/mol. The molecule has 3 rings (SSSR count). The maximum absolute atomic E-state index is 3.47. The van der Waals surface area contributed by atoms with E-state index in [1.54, 1.807) is 0 Å². The number of piperidine rings is 1. The van der Waals surface area contributed by atoms with Crippen LogP contribution in [0.3, 0.4) is 0 Å². The number of hydrogen-bond donors (Lipinski definition) is 1. The first-order chi connectivity index (χ1) is 8.92. The van der Waals surface area contributed by atoms with E-state index in [-0.39, 0.29) is 0 Å². The normalized spacial score (nSPS) is 19.6. The van der Waals surface area contributed by atoms with E-state index in [1.165, 1.54) is 75.0 Å². The van der Waals surface area contributed by atoms with E-state index in [0.29, 0.717) is 0 Å². The van der Waals surface area contributed by atoms with Gasteiger partial charge in [-0.25, -0.2) is 0 Å². The van der Waals surface area contributed by atoms with Gasteiger partial charge in [-0.3, -0.25) is 0 Å². The highest BCUT2D eigenvalue weighted by Crippen LogP contribution is 2.23. The quantitative estimate of drug-likeness (QED) is 0.875. The summed E-state index contributed by atoms with van der Waals surface area (Å²) in [5.41, 5.74) is 4.38. The van der Waals surface area contributed by atoms with E-state index in [9.17, 15) is 0 Å². The number of nitrogens with one attached hydrogen (secondary N) is 1. The van der Waals surface area contributed by atoms with Gasteiger partial charge in [0.25, 0.3) is 0 Å². The van der Waals surface area contributed by atoms with Crippen molar-refractivity contribution < 1.29 is 0 Å². The van der Waals surface area contributed by atoms with Crippen LogP contribution in [0.1, 0.15) is 36.8 Å². The summed E-state index contributed by atoms with van der Waals surface area (Å²) < 4.78 is 0. The standard InChI is InChI=1S/C16H24N2/c1-2-10-18(11-3-1)12-4-5-14-6-7-15-8-9-17-16(15)13-14/h6-7,13,17H,1-5,8-12H2. The third-order valence-corrected chi connectivity index (χ3v) is 4.27. The van der Waals surface area contributed by atoms with Crippen molar-refractivity contribution in [2.45, 2.75) is 38.5 Å². The first-order valence-electron chi connectivity index (χ1n) is 7.50. The molecule has 0 aromatic heterocycles. The second-order valence-corrected chi connectivity index (χ2v) is 5.67. The van der Waals surface area contributed by atoms with Crippen LogP contribution in [0.5, 0.6) is 0 Å². The second kappa shape index (κ2) is 5.75. The summed E-state index contributed by atoms with van der Waals surface area (Å²) >= 11 is 0. The topological polar surface area (TPSA) is 15.3 Å². The SMILES string of the molecule is c1cc2c(cc1CCCN1CCCCC1)NCC2. The fraction of sp³-hybridized carbons (Fsp3) is 0.625. The number of benzene rings is 1. The van der Waals surface area contributed by atoms with Crippen LogP contribution < -0.4 is 5.32 Å². The molecule has 2 heterocycles. The molecule has 2 aliphatic heterocycles. The van der Waals surface area contributed by atoms with Gasteiger partial charge in [-0.2, -0.15) is 0 Å². The maximum Gasteiger partial charge on any atom is 0.0376 e. The summed E-state index contributed by atoms with van der Waals surface area (Å²) in [6.45, 7) is 5.05. The third-order valence-electron chi connectivity index (χ3n) is 4.27. The van der Waals surface area contributed by atoms with Crippen molar-refractivity contribution in [3.05, 3.63) is 29.3 Å². The van der Waals surface area contributed by atoms with Crippen LogP contribution in [0, 0.1) is 0 Å². The molecule has 2 heteroatoms. The maximum atomic E-state index is 3.47. The molecule has 0 radical (unpaired) electrons. The number of likely N-dealkylation sites (tertiary alicyclic amines) is 1. The first kappa shape index (κ1) is 12.0. The van der Waals surface area contributed by atoms with Crippen LogP contribution in [-0.4, -0.2) is 31.1 Å². The molecule has 2 aliphatic rings. The van der Waals surface area contributed by atoms with Gasteiger partial charge in [0.1, 0.15) is 0 Å². The molecule has 0 unspecified atom stereocenters. The molecule has 0 saturated carbocycles. The average Bonchev–Trinajstić information content (AvgIpc) is 2.87. The number of nitrogens with zero attached hydrogens (tertiary/aromatic N) is 1. The highest BCUT2D eigenvalue weighted by atomic mass is 15.1. The number of fused-ring (bicyclic) bond motifs is 1. The van der Waals surface area contributed by atoms with E-state index < -0.39 is 0 Å². The summed E-state index contributed by atoms with van der Waals surface area (Å²) in [6.07, 6.45) is 7.98. The van der Waals surface area contributed by atoms with Gasteiger partial charge in [0.05, 0.1) is 0 Å². The van der Waals surface area contributed by atoms with Gasteiger partial charge in [0, 0.05) is 12.2 Å². The molecule has 1 saturated heterocycles. The molecule has 1 fully saturated rings. The van der Waals surface area contributed by atoms with E-state index in [2.05, 4.69) is 28.4 Å². The lowest BCUT2D eigenvalue weighted by Gasteiger charge is -2.26. The van der Waals surface area contributed by atoms with Crippen LogP contribution in [-0.2, 0) is 12.8 Å². The third kappa shape index (κ3) is 2.86. The molecule has 1 aromatic carbocycles. The molecule has 0 bridgehead atoms. The monoisotopic (exact) mass is 244 g/mol. The molecule has 98 valence electrons. The van der Waals surface area contributed by atoms with Crippen LogP contribution in [0.4, 0.5) is 5.69 Å². The Bertz CT molecular complexity index is 394. The lowest BCUT2D eigenvalue weighted by molar-refractivity contribution is 0.226. The number of aryl methyl sites for hydroxylation is 1. The Morgan fingerprint density at radius 2 is 2.00 bits per heavy atom. The zero-order chi connectivity index (χ0) is 12.2. The van der Waals surface area contributed by atoms with Crippen molar-refractivity contribution in [1.29, 1.82) is 0 Å². The Morgan fingerprint density at radius 3 is 2.89 bits per heavy atom. The Balaban J connectivity index is 1.48. The van der Waals surface area contributed by atoms with Gasteiger partial charge in [0.2, 0.25) is 0 Å². The van der Waals surface area contributed by atoms with Crippen LogP contribution in [0.2, 0.25) is 0 Å². The van der Waals surface area contributed by atoms with E-state index in [4.69, 9.17) is 0 Å². The van der Waals surface area contributed by atoms with Gasteiger partial charge in [-0.15, -0.1) is 0 Å². The number of rotatable bonds is 4. The summed E-state index contributed by atoms with van der Waals surface area (Å²) in [6, 6.07) is 6.99. The van der Waals surface area contributed by atoms with Gasteiger partial charge in [0.15, 0.2) is 0 Å². The largest absolute Gasteiger partial charge is 0.384 e. The van der Waals surface area contributed by atoms with Crippen molar-refractivity contribution in [2.75, 3.05) is 31.5 Å². The lowest BCUT2D eigenvalue weighted by atomic mass is 10.0. The van der Waals surface area contributed by atoms with Gasteiger partial charge < -0.3 is 10.2 Å². The Morgan fingerprint density at radius 1 is 1.11 bits per heavy atom. The van der Waals surface area contributed by atoms with E-state index >= 15 is 0 Å². The number of anilines is 1. The molecule has 18 heavy (non-hydrogen) atoms. The molecule has 1 aromatic rings. The lowest BCUT2D eigenvalue weighted by Crippen LogP contribution is -2.30. The zero-order valence-electron chi connectivity index (χ0n) is 11.3. The highest BCUT2D eigenvalue weighted by molar-refractivity contribution is 5.57. The minimum atomic E-state index is 1.12. The molecule has 0 spiro atoms. The molecule has 0 amide bonds. The number of hydrogen-bond acceptors (Lipinski definition) is 2. The summed E-state index contributed by atoms with van der Waals surface area (Å²) in [4.78, 5) is 2.63. The fourth-order valence-corrected chi connectivity index (χ4v) is 3.18. The van der Waals surface area contributed by atoms with Crippen LogP contribution in [0.15, 0.2) is 18.2 Å². The molecule has 0 atom stereocenters. The Labute approximate surface area is 110 Å². The molecule has 2 nitrogen and oxygen atoms in total. The fourth-order valence-electron chi connectivity index (χ4n) is 3.18. The molecular formula is C16H24N2. The smallest absolute Gasteiger partial charge is 0.0376 e. The van der Waals surface area contributed by atoms with Gasteiger partial charge in [-0.1, -0.05) is 18.6 Å². The predicted octanol–water partition coefficient (Wildman–Crippen LogP) is 3.07. The van der Waals surface area contributed by atoms with Crippen molar-refractivity contribution in [1.82, 2.24) is 4.90 Å². The second-order valence-electron chi connectivity index (χ2n) is 5.67. The predicted molar refractivity (Wildman–Crippen MR) is 77.2 cm³/mol. The van der Waals surface area contributed by atoms with Crippen molar-refractivity contribution in [2.24, 2.45) is 0 Å². The van der Waals surface area contributed by atoms with Crippen LogP contribution >= 0.6 is 0 Å². The van der Waals surface area contributed by atoms with Crippen molar-refractivity contribution in [3.63, 3.8) is 0 Å². The molecule has 1 N–H and O–H groups in total. The Kier molecular flexibility index (Phi) is 3.84. The molecule has 0 aliphatic carbocycles.